The molecule has 0 aromatic heterocycles. The van der Waals surface area contributed by atoms with Crippen LogP contribution in [0.15, 0.2) is 0 Å². The maximum absolute atomic E-state index is 11.9. The summed E-state index contributed by atoms with van der Waals surface area (Å²) >= 11 is 0. The van der Waals surface area contributed by atoms with E-state index in [1.807, 2.05) is 0 Å². The molecule has 5 heteroatoms. The second kappa shape index (κ2) is 6.37. The molecule has 2 fully saturated rings. The molecule has 0 radical (unpaired) electrons. The van der Waals surface area contributed by atoms with Crippen LogP contribution in [0.1, 0.15) is 38.5 Å². The molecule has 0 unspecified atom stereocenters. The molecule has 19 heavy (non-hydrogen) atoms. The van der Waals surface area contributed by atoms with Gasteiger partial charge in [0.05, 0.1) is 5.92 Å². The van der Waals surface area contributed by atoms with Crippen LogP contribution in [0.2, 0.25) is 0 Å². The maximum atomic E-state index is 11.9. The highest BCUT2D eigenvalue weighted by atomic mass is 16.5. The number of amides is 1. The Morgan fingerprint density at radius 1 is 1.26 bits per heavy atom. The Bertz CT molecular complexity index is 344. The number of methoxy groups -OCH3 is 1. The highest BCUT2D eigenvalue weighted by Gasteiger charge is 2.51. The van der Waals surface area contributed by atoms with Gasteiger partial charge in [0.15, 0.2) is 0 Å². The zero-order valence-electron chi connectivity index (χ0n) is 11.4. The summed E-state index contributed by atoms with van der Waals surface area (Å²) in [5, 5.41) is 12.3. The summed E-state index contributed by atoms with van der Waals surface area (Å²) < 4.78 is 4.94. The van der Waals surface area contributed by atoms with Crippen molar-refractivity contribution in [1.82, 2.24) is 5.32 Å². The summed E-state index contributed by atoms with van der Waals surface area (Å²) in [5.74, 6) is -0.506. The van der Waals surface area contributed by atoms with Gasteiger partial charge in [-0.15, -0.1) is 0 Å². The minimum atomic E-state index is -0.753. The van der Waals surface area contributed by atoms with E-state index in [1.165, 1.54) is 0 Å². The molecule has 2 aliphatic rings. The lowest BCUT2D eigenvalue weighted by Crippen LogP contribution is -2.46. The van der Waals surface area contributed by atoms with E-state index < -0.39 is 5.97 Å². The second-order valence-corrected chi connectivity index (χ2v) is 5.74. The standard InChI is InChI=1S/C14H23NO4/c1-19-7-3-2-4-11(16)15-13-10-6-5-9(8-10)12(13)14(17)18/h9-10,12-13H,2-8H2,1H3,(H,15,16)(H,17,18)/t9-,10-,12+,13-/m0/s1. The molecule has 5 nitrogen and oxygen atoms in total. The van der Waals surface area contributed by atoms with Crippen molar-refractivity contribution in [3.8, 4) is 0 Å². The number of hydrogen-bond acceptors (Lipinski definition) is 3. The van der Waals surface area contributed by atoms with Crippen molar-refractivity contribution in [1.29, 1.82) is 0 Å². The van der Waals surface area contributed by atoms with Crippen LogP contribution in [0.3, 0.4) is 0 Å². The number of hydrogen-bond donors (Lipinski definition) is 2. The topological polar surface area (TPSA) is 75.6 Å². The number of carboxylic acid groups (broad SMARTS) is 1. The Balaban J connectivity index is 1.80. The van der Waals surface area contributed by atoms with Crippen molar-refractivity contribution in [2.45, 2.75) is 44.6 Å². The molecule has 4 atom stereocenters. The van der Waals surface area contributed by atoms with E-state index in [0.717, 1.165) is 32.1 Å². The summed E-state index contributed by atoms with van der Waals surface area (Å²) in [7, 11) is 1.65. The number of ether oxygens (including phenoxy) is 1. The van der Waals surface area contributed by atoms with Crippen LogP contribution < -0.4 is 5.32 Å². The number of rotatable bonds is 7. The van der Waals surface area contributed by atoms with Crippen LogP contribution in [-0.4, -0.2) is 36.7 Å². The molecule has 1 amide bonds. The molecule has 0 saturated heterocycles. The van der Waals surface area contributed by atoms with E-state index in [2.05, 4.69) is 5.32 Å². The molecule has 2 rings (SSSR count). The predicted octanol–water partition coefficient (Wildman–Crippen LogP) is 1.42. The lowest BCUT2D eigenvalue weighted by Gasteiger charge is -2.28. The minimum Gasteiger partial charge on any atom is -0.481 e. The summed E-state index contributed by atoms with van der Waals surface area (Å²) in [6, 6.07) is -0.147. The molecule has 2 bridgehead atoms. The smallest absolute Gasteiger partial charge is 0.308 e. The number of unbranched alkanes of at least 4 members (excludes halogenated alkanes) is 1. The van der Waals surface area contributed by atoms with Gasteiger partial charge in [-0.05, 0) is 43.9 Å². The SMILES string of the molecule is COCCCCC(=O)N[C@H]1[C@H]2CC[C@@H](C2)[C@H]1C(=O)O. The molecule has 2 saturated carbocycles. The first-order chi connectivity index (χ1) is 9.13. The lowest BCUT2D eigenvalue weighted by atomic mass is 9.84. The van der Waals surface area contributed by atoms with Gasteiger partial charge in [0.2, 0.25) is 5.91 Å². The fraction of sp³-hybridized carbons (Fsp3) is 0.857. The van der Waals surface area contributed by atoms with Crippen LogP contribution in [0.4, 0.5) is 0 Å². The van der Waals surface area contributed by atoms with Crippen molar-refractivity contribution >= 4 is 11.9 Å². The normalized spacial score (nSPS) is 32.5. The first-order valence-electron chi connectivity index (χ1n) is 7.14. The number of carboxylic acids is 1. The van der Waals surface area contributed by atoms with Gasteiger partial charge in [0, 0.05) is 26.2 Å². The first kappa shape index (κ1) is 14.3. The molecule has 2 aliphatic carbocycles. The maximum Gasteiger partial charge on any atom is 0.308 e. The second-order valence-electron chi connectivity index (χ2n) is 5.74. The fourth-order valence-corrected chi connectivity index (χ4v) is 3.64. The van der Waals surface area contributed by atoms with Gasteiger partial charge < -0.3 is 15.2 Å². The third-order valence-electron chi connectivity index (χ3n) is 4.53. The van der Waals surface area contributed by atoms with Crippen LogP contribution in [0.5, 0.6) is 0 Å². The average Bonchev–Trinajstić information content (AvgIpc) is 2.95. The van der Waals surface area contributed by atoms with Crippen LogP contribution >= 0.6 is 0 Å². The Morgan fingerprint density at radius 3 is 2.68 bits per heavy atom. The zero-order valence-corrected chi connectivity index (χ0v) is 11.4. The summed E-state index contributed by atoms with van der Waals surface area (Å²) in [5.41, 5.74) is 0. The number of carbonyl (C=O) groups is 2. The molecular weight excluding hydrogens is 246 g/mol. The van der Waals surface area contributed by atoms with Crippen LogP contribution in [0, 0.1) is 17.8 Å². The van der Waals surface area contributed by atoms with E-state index in [1.54, 1.807) is 7.11 Å². The zero-order chi connectivity index (χ0) is 13.8. The monoisotopic (exact) mass is 269 g/mol. The van der Waals surface area contributed by atoms with Crippen molar-refractivity contribution in [2.24, 2.45) is 17.8 Å². The quantitative estimate of drug-likeness (QED) is 0.685. The van der Waals surface area contributed by atoms with E-state index in [9.17, 15) is 14.7 Å². The van der Waals surface area contributed by atoms with E-state index in [4.69, 9.17) is 4.74 Å². The molecule has 0 heterocycles. The molecular formula is C14H23NO4. The Hall–Kier alpha value is -1.10. The molecule has 0 spiro atoms. The van der Waals surface area contributed by atoms with Crippen LogP contribution in [-0.2, 0) is 14.3 Å². The Kier molecular flexibility index (Phi) is 4.80. The largest absolute Gasteiger partial charge is 0.481 e. The van der Waals surface area contributed by atoms with Gasteiger partial charge in [-0.2, -0.15) is 0 Å². The third kappa shape index (κ3) is 3.26. The average molecular weight is 269 g/mol. The minimum absolute atomic E-state index is 0.0140. The van der Waals surface area contributed by atoms with Gasteiger partial charge in [-0.25, -0.2) is 0 Å². The van der Waals surface area contributed by atoms with Gasteiger partial charge >= 0.3 is 5.97 Å². The van der Waals surface area contributed by atoms with Crippen molar-refractivity contribution in [3.05, 3.63) is 0 Å². The third-order valence-corrected chi connectivity index (χ3v) is 4.53. The summed E-state index contributed by atoms with van der Waals surface area (Å²) in [6.07, 6.45) is 5.14. The van der Waals surface area contributed by atoms with Gasteiger partial charge in [-0.1, -0.05) is 0 Å². The molecule has 2 N–H and O–H groups in total. The first-order valence-corrected chi connectivity index (χ1v) is 7.14. The summed E-state index contributed by atoms with van der Waals surface area (Å²) in [6.45, 7) is 0.666. The lowest BCUT2D eigenvalue weighted by molar-refractivity contribution is -0.144. The Morgan fingerprint density at radius 2 is 2.00 bits per heavy atom. The number of carbonyl (C=O) groups excluding carboxylic acids is 1. The molecule has 108 valence electrons. The number of aliphatic carboxylic acids is 1. The fourth-order valence-electron chi connectivity index (χ4n) is 3.64. The van der Waals surface area contributed by atoms with Crippen LogP contribution in [0.25, 0.3) is 0 Å². The van der Waals surface area contributed by atoms with Gasteiger partial charge in [0.1, 0.15) is 0 Å². The molecule has 0 aromatic carbocycles. The summed E-state index contributed by atoms with van der Waals surface area (Å²) in [4.78, 5) is 23.2. The van der Waals surface area contributed by atoms with Gasteiger partial charge in [-0.3, -0.25) is 9.59 Å². The van der Waals surface area contributed by atoms with Crippen molar-refractivity contribution in [3.63, 3.8) is 0 Å². The van der Waals surface area contributed by atoms with E-state index >= 15 is 0 Å². The number of fused-ring (bicyclic) bond motifs is 2. The van der Waals surface area contributed by atoms with Gasteiger partial charge in [0.25, 0.3) is 0 Å². The van der Waals surface area contributed by atoms with E-state index in [-0.39, 0.29) is 23.8 Å². The molecule has 0 aliphatic heterocycles. The molecule has 0 aromatic rings. The highest BCUT2D eigenvalue weighted by molar-refractivity contribution is 5.78. The number of nitrogens with one attached hydrogen (secondary N) is 1. The van der Waals surface area contributed by atoms with Crippen molar-refractivity contribution in [2.75, 3.05) is 13.7 Å². The van der Waals surface area contributed by atoms with E-state index in [0.29, 0.717) is 18.9 Å². The highest BCUT2D eigenvalue weighted by Crippen LogP contribution is 2.48. The van der Waals surface area contributed by atoms with Crippen molar-refractivity contribution < 1.29 is 19.4 Å². The Labute approximate surface area is 113 Å². The predicted molar refractivity (Wildman–Crippen MR) is 69.6 cm³/mol.